The molecule has 7 nitrogen and oxygen atoms in total. The van der Waals surface area contributed by atoms with Gasteiger partial charge < -0.3 is 19.4 Å². The number of anilines is 2. The molecule has 0 radical (unpaired) electrons. The highest BCUT2D eigenvalue weighted by Gasteiger charge is 2.34. The summed E-state index contributed by atoms with van der Waals surface area (Å²) in [6.07, 6.45) is -3.57. The molecule has 164 valence electrons. The molecule has 4 rings (SSSR count). The van der Waals surface area contributed by atoms with Gasteiger partial charge in [-0.25, -0.2) is 0 Å². The number of hydrogen-bond acceptors (Lipinski definition) is 5. The van der Waals surface area contributed by atoms with E-state index < -0.39 is 17.8 Å². The maximum absolute atomic E-state index is 12.9. The van der Waals surface area contributed by atoms with E-state index in [-0.39, 0.29) is 31.2 Å². The summed E-state index contributed by atoms with van der Waals surface area (Å²) in [5.74, 6) is -0.726. The van der Waals surface area contributed by atoms with Gasteiger partial charge in [-0.05, 0) is 36.4 Å². The molecule has 0 N–H and O–H groups in total. The standard InChI is InChI=1S/C21H21F3N4O3/c22-21(23,24)18-13-17(5-6-25-18)28-8-7-27(14-19(28)29)20(30)15-1-3-16(4-2-15)26-9-11-31-12-10-26/h1-6,13H,7-12,14H2. The van der Waals surface area contributed by atoms with Gasteiger partial charge in [-0.1, -0.05) is 0 Å². The Morgan fingerprint density at radius 2 is 1.68 bits per heavy atom. The first-order chi connectivity index (χ1) is 14.8. The van der Waals surface area contributed by atoms with Crippen LogP contribution >= 0.6 is 0 Å². The van der Waals surface area contributed by atoms with E-state index in [1.165, 1.54) is 15.9 Å². The van der Waals surface area contributed by atoms with E-state index in [0.717, 1.165) is 31.0 Å². The summed E-state index contributed by atoms with van der Waals surface area (Å²) in [6, 6.07) is 9.39. The molecule has 0 unspecified atom stereocenters. The van der Waals surface area contributed by atoms with Crippen LogP contribution in [0.3, 0.4) is 0 Å². The summed E-state index contributed by atoms with van der Waals surface area (Å²) in [5, 5.41) is 0. The number of carbonyl (C=O) groups is 2. The van der Waals surface area contributed by atoms with Crippen LogP contribution in [0.25, 0.3) is 0 Å². The molecule has 31 heavy (non-hydrogen) atoms. The van der Waals surface area contributed by atoms with Crippen LogP contribution in [0.4, 0.5) is 24.5 Å². The Balaban J connectivity index is 1.41. The Hall–Kier alpha value is -3.14. The largest absolute Gasteiger partial charge is 0.433 e. The first-order valence-electron chi connectivity index (χ1n) is 9.88. The average Bonchev–Trinajstić information content (AvgIpc) is 2.79. The fraction of sp³-hybridized carbons (Fsp3) is 0.381. The van der Waals surface area contributed by atoms with E-state index in [4.69, 9.17) is 4.74 Å². The zero-order valence-corrected chi connectivity index (χ0v) is 16.6. The van der Waals surface area contributed by atoms with Gasteiger partial charge in [0.15, 0.2) is 0 Å². The van der Waals surface area contributed by atoms with Crippen molar-refractivity contribution in [3.8, 4) is 0 Å². The van der Waals surface area contributed by atoms with Crippen LogP contribution in [-0.4, -0.2) is 67.6 Å². The van der Waals surface area contributed by atoms with Crippen molar-refractivity contribution in [1.82, 2.24) is 9.88 Å². The molecule has 10 heteroatoms. The van der Waals surface area contributed by atoms with Crippen molar-refractivity contribution >= 4 is 23.2 Å². The number of morpholine rings is 1. The number of piperazine rings is 1. The predicted octanol–water partition coefficient (Wildman–Crippen LogP) is 2.43. The van der Waals surface area contributed by atoms with Crippen molar-refractivity contribution in [3.05, 3.63) is 53.9 Å². The minimum absolute atomic E-state index is 0.109. The second kappa shape index (κ2) is 8.54. The third-order valence-electron chi connectivity index (χ3n) is 5.34. The van der Waals surface area contributed by atoms with Gasteiger partial charge in [0.1, 0.15) is 12.2 Å². The highest BCUT2D eigenvalue weighted by molar-refractivity contribution is 6.01. The van der Waals surface area contributed by atoms with Crippen LogP contribution in [0, 0.1) is 0 Å². The monoisotopic (exact) mass is 434 g/mol. The zero-order valence-electron chi connectivity index (χ0n) is 16.6. The Labute approximate surface area is 177 Å². The van der Waals surface area contributed by atoms with Gasteiger partial charge in [-0.15, -0.1) is 0 Å². The van der Waals surface area contributed by atoms with Crippen LogP contribution < -0.4 is 9.80 Å². The van der Waals surface area contributed by atoms with Crippen LogP contribution in [0.1, 0.15) is 16.1 Å². The van der Waals surface area contributed by atoms with Crippen molar-refractivity contribution in [2.45, 2.75) is 6.18 Å². The molecule has 2 fully saturated rings. The topological polar surface area (TPSA) is 66.0 Å². The Morgan fingerprint density at radius 1 is 0.968 bits per heavy atom. The number of pyridine rings is 1. The lowest BCUT2D eigenvalue weighted by Gasteiger charge is -2.34. The SMILES string of the molecule is O=C(c1ccc(N2CCOCC2)cc1)N1CCN(c2ccnc(C(F)(F)F)c2)C(=O)C1. The smallest absolute Gasteiger partial charge is 0.378 e. The van der Waals surface area contributed by atoms with Crippen LogP contribution in [0.2, 0.25) is 0 Å². The van der Waals surface area contributed by atoms with Crippen molar-refractivity contribution in [1.29, 1.82) is 0 Å². The Morgan fingerprint density at radius 3 is 2.32 bits per heavy atom. The molecule has 0 aliphatic carbocycles. The number of rotatable bonds is 3. The number of nitrogens with zero attached hydrogens (tertiary/aromatic N) is 4. The summed E-state index contributed by atoms with van der Waals surface area (Å²) in [6.45, 7) is 3.03. The fourth-order valence-corrected chi connectivity index (χ4v) is 3.68. The van der Waals surface area contributed by atoms with Crippen molar-refractivity contribution < 1.29 is 27.5 Å². The van der Waals surface area contributed by atoms with Gasteiger partial charge in [-0.2, -0.15) is 13.2 Å². The van der Waals surface area contributed by atoms with Crippen molar-refractivity contribution in [2.24, 2.45) is 0 Å². The fourth-order valence-electron chi connectivity index (χ4n) is 3.68. The molecular weight excluding hydrogens is 413 g/mol. The van der Waals surface area contributed by atoms with Crippen molar-refractivity contribution in [2.75, 3.05) is 55.7 Å². The number of alkyl halides is 3. The lowest BCUT2D eigenvalue weighted by atomic mass is 10.1. The van der Waals surface area contributed by atoms with Crippen LogP contribution in [0.5, 0.6) is 0 Å². The molecule has 2 amide bonds. The predicted molar refractivity (Wildman–Crippen MR) is 107 cm³/mol. The summed E-state index contributed by atoms with van der Waals surface area (Å²) < 4.78 is 44.1. The molecule has 3 heterocycles. The number of ether oxygens (including phenoxy) is 1. The lowest BCUT2D eigenvalue weighted by Crippen LogP contribution is -2.52. The third-order valence-corrected chi connectivity index (χ3v) is 5.34. The number of amides is 2. The van der Waals surface area contributed by atoms with Gasteiger partial charge in [0.25, 0.3) is 5.91 Å². The lowest BCUT2D eigenvalue weighted by molar-refractivity contribution is -0.141. The van der Waals surface area contributed by atoms with E-state index >= 15 is 0 Å². The molecule has 0 atom stereocenters. The number of carbonyl (C=O) groups excluding carboxylic acids is 2. The molecular formula is C21H21F3N4O3. The molecule has 1 aromatic heterocycles. The number of benzene rings is 1. The van der Waals surface area contributed by atoms with E-state index in [9.17, 15) is 22.8 Å². The highest BCUT2D eigenvalue weighted by Crippen LogP contribution is 2.30. The summed E-state index contributed by atoms with van der Waals surface area (Å²) >= 11 is 0. The quantitative estimate of drug-likeness (QED) is 0.743. The van der Waals surface area contributed by atoms with Gasteiger partial charge in [-0.3, -0.25) is 14.6 Å². The zero-order chi connectivity index (χ0) is 22.0. The van der Waals surface area contributed by atoms with Gasteiger partial charge in [0.2, 0.25) is 5.91 Å². The Bertz CT molecular complexity index is 959. The summed E-state index contributed by atoms with van der Waals surface area (Å²) in [5.41, 5.74) is 0.520. The molecule has 1 aromatic carbocycles. The van der Waals surface area contributed by atoms with E-state index in [1.807, 2.05) is 12.1 Å². The van der Waals surface area contributed by atoms with E-state index in [1.54, 1.807) is 12.1 Å². The van der Waals surface area contributed by atoms with Gasteiger partial charge >= 0.3 is 6.18 Å². The van der Waals surface area contributed by atoms with Crippen molar-refractivity contribution in [3.63, 3.8) is 0 Å². The molecule has 0 bridgehead atoms. The Kier molecular flexibility index (Phi) is 5.81. The van der Waals surface area contributed by atoms with E-state index in [0.29, 0.717) is 18.8 Å². The first kappa shape index (κ1) is 21.1. The highest BCUT2D eigenvalue weighted by atomic mass is 19.4. The van der Waals surface area contributed by atoms with Crippen LogP contribution in [-0.2, 0) is 15.7 Å². The molecule has 2 saturated heterocycles. The van der Waals surface area contributed by atoms with E-state index in [2.05, 4.69) is 9.88 Å². The van der Waals surface area contributed by atoms with Gasteiger partial charge in [0.05, 0.1) is 13.2 Å². The van der Waals surface area contributed by atoms with Crippen LogP contribution in [0.15, 0.2) is 42.6 Å². The average molecular weight is 434 g/mol. The second-order valence-corrected chi connectivity index (χ2v) is 7.32. The molecule has 0 saturated carbocycles. The molecule has 2 aliphatic heterocycles. The maximum atomic E-state index is 12.9. The number of hydrogen-bond donors (Lipinski definition) is 0. The number of halogens is 3. The minimum atomic E-state index is -4.59. The molecule has 2 aliphatic rings. The first-order valence-corrected chi connectivity index (χ1v) is 9.88. The summed E-state index contributed by atoms with van der Waals surface area (Å²) in [4.78, 5) is 33.5. The second-order valence-electron chi connectivity index (χ2n) is 7.32. The third kappa shape index (κ3) is 4.63. The normalized spacial score (nSPS) is 17.8. The molecule has 2 aromatic rings. The maximum Gasteiger partial charge on any atom is 0.433 e. The molecule has 0 spiro atoms. The summed E-state index contributed by atoms with van der Waals surface area (Å²) in [7, 11) is 0. The number of aromatic nitrogens is 1. The van der Waals surface area contributed by atoms with Gasteiger partial charge in [0, 0.05) is 49.3 Å². The minimum Gasteiger partial charge on any atom is -0.378 e.